The first kappa shape index (κ1) is 75.1. The molecular formula is C48H50Cd2N12O24+2. The number of amides is 8. The Labute approximate surface area is 522 Å². The van der Waals surface area contributed by atoms with Gasteiger partial charge in [-0.15, -0.1) is 0 Å². The second-order valence-electron chi connectivity index (χ2n) is 17.7. The third-order valence-electron chi connectivity index (χ3n) is 13.6. The Kier molecular flexibility index (Phi) is 29.3. The number of nitrogens with zero attached hydrogens (tertiary/aromatic N) is 12. The molecule has 36 nitrogen and oxygen atoms in total. The summed E-state index contributed by atoms with van der Waals surface area (Å²) >= 11 is 0. The molecule has 86 heavy (non-hydrogen) atoms. The summed E-state index contributed by atoms with van der Waals surface area (Å²) in [5.74, 6) is -9.64. The van der Waals surface area contributed by atoms with Gasteiger partial charge in [-0.25, -0.2) is 19.6 Å². The first-order valence-electron chi connectivity index (χ1n) is 23.9. The summed E-state index contributed by atoms with van der Waals surface area (Å²) in [6, 6.07) is 13.3. The minimum absolute atomic E-state index is 0. The number of imide groups is 4. The summed E-state index contributed by atoms with van der Waals surface area (Å²) in [6.07, 6.45) is 19.6. The number of aliphatic hydroxyl groups excluding tert-OH is 2. The fourth-order valence-corrected chi connectivity index (χ4v) is 11.4. The van der Waals surface area contributed by atoms with E-state index in [4.69, 9.17) is 71.5 Å². The van der Waals surface area contributed by atoms with Crippen molar-refractivity contribution in [2.75, 3.05) is 32.8 Å². The van der Waals surface area contributed by atoms with Gasteiger partial charge in [-0.1, -0.05) is 24.3 Å². The van der Waals surface area contributed by atoms with E-state index in [1.54, 1.807) is 87.2 Å². The van der Waals surface area contributed by atoms with E-state index in [-0.39, 0.29) is 126 Å². The molecule has 4 aromatic heterocycles. The first-order valence-corrected chi connectivity index (χ1v) is 23.9. The van der Waals surface area contributed by atoms with Crippen LogP contribution in [0.15, 0.2) is 122 Å². The van der Waals surface area contributed by atoms with Crippen LogP contribution in [0.5, 0.6) is 0 Å². The maximum atomic E-state index is 13.3. The zero-order valence-electron chi connectivity index (χ0n) is 44.9. The minimum Gasteiger partial charge on any atom is -0.457 e. The van der Waals surface area contributed by atoms with E-state index < -0.39 is 91.4 Å². The van der Waals surface area contributed by atoms with Crippen LogP contribution < -0.4 is 19.6 Å². The normalized spacial score (nSPS) is 25.3. The number of aliphatic hydroxyl groups is 2. The molecule has 4 bridgehead atoms. The van der Waals surface area contributed by atoms with Gasteiger partial charge >= 0.3 is 54.6 Å². The maximum absolute atomic E-state index is 13.3. The topological polar surface area (TPSA) is 572 Å². The largest absolute Gasteiger partial charge is 2.00 e. The predicted molar refractivity (Wildman–Crippen MR) is 284 cm³/mol. The minimum atomic E-state index is -1.75. The van der Waals surface area contributed by atoms with Crippen molar-refractivity contribution < 1.29 is 134 Å². The van der Waals surface area contributed by atoms with Gasteiger partial charge in [0.25, 0.3) is 0 Å². The average Bonchev–Trinajstić information content (AvgIpc) is 1.56. The Bertz CT molecular complexity index is 2630. The number of anilines is 4. The van der Waals surface area contributed by atoms with Crippen LogP contribution in [0.2, 0.25) is 0 Å². The SMILES string of the molecule is CCO.CCO.O=C1[C@@H]2C3C=CC([C@H]4C(=O)N(c5cccnc5)C(=O)[C@@H]34)[C@@H]2C(=O)N1c1cccnc1.O=C1[C@@H]2C3C=CC([C@H]4C(=O)N(c5cccnc5)C(=O)[C@@H]34)[C@@H]2C(=O)N1c1cccnc1.O=[N+]([O-])[O-].O=[N+]([O-])[O-].O=[N+]([O-])[O-].O=[N+]([O-])[O-].[Cd+2].[Cd+2].[OH3+].[OH3+]. The van der Waals surface area contributed by atoms with E-state index in [2.05, 4.69) is 19.9 Å². The molecule has 14 rings (SSSR count). The fourth-order valence-electron chi connectivity index (χ4n) is 11.4. The van der Waals surface area contributed by atoms with E-state index in [9.17, 15) is 38.4 Å². The van der Waals surface area contributed by atoms with Gasteiger partial charge in [0.05, 0.1) is 115 Å². The van der Waals surface area contributed by atoms with Crippen molar-refractivity contribution in [1.82, 2.24) is 19.9 Å². The summed E-state index contributed by atoms with van der Waals surface area (Å²) in [5.41, 5.74) is 1.67. The van der Waals surface area contributed by atoms with Crippen LogP contribution in [-0.4, -0.2) is 111 Å². The molecule has 448 valence electrons. The molecule has 4 aliphatic heterocycles. The molecule has 0 radical (unpaired) electrons. The molecule has 8 N–H and O–H groups in total. The van der Waals surface area contributed by atoms with Crippen LogP contribution in [-0.2, 0) is 104 Å². The molecule has 0 spiro atoms. The number of hydrogen-bond donors (Lipinski definition) is 2. The van der Waals surface area contributed by atoms with Gasteiger partial charge in [0, 0.05) is 61.7 Å². The van der Waals surface area contributed by atoms with E-state index >= 15 is 0 Å². The number of rotatable bonds is 4. The first-order chi connectivity index (χ1) is 38.9. The van der Waals surface area contributed by atoms with Crippen molar-refractivity contribution >= 4 is 70.0 Å². The van der Waals surface area contributed by atoms with E-state index in [1.807, 2.05) is 24.3 Å². The number of allylic oxidation sites excluding steroid dienone is 4. The molecule has 0 aromatic carbocycles. The van der Waals surface area contributed by atoms with Crippen molar-refractivity contribution in [1.29, 1.82) is 0 Å². The molecule has 8 amide bonds. The third kappa shape index (κ3) is 15.9. The second kappa shape index (κ2) is 33.6. The van der Waals surface area contributed by atoms with Gasteiger partial charge in [-0.05, 0) is 62.4 Å². The van der Waals surface area contributed by atoms with Gasteiger partial charge in [0.1, 0.15) is 0 Å². The molecule has 38 heteroatoms. The van der Waals surface area contributed by atoms with Crippen LogP contribution in [0.1, 0.15) is 13.8 Å². The Hall–Kier alpha value is -8.88. The molecule has 8 heterocycles. The number of aromatic nitrogens is 4. The number of carbonyl (C=O) groups is 8. The van der Waals surface area contributed by atoms with E-state index in [1.165, 1.54) is 44.4 Å². The zero-order valence-corrected chi connectivity index (χ0v) is 53.0. The maximum Gasteiger partial charge on any atom is 2.00 e. The molecule has 4 saturated heterocycles. The molecule has 6 fully saturated rings. The number of hydrogen-bond acceptors (Lipinski definition) is 26. The standard InChI is InChI=1S/2C22H16N4O4.2C2H6O.2Cd.4NO3.2H2O/c2*27-19-15-13-5-6-14(16(15)20(28)25(19)11-3-1-7-23-9-11)18-17(13)21(29)26(22(18)30)12-4-2-8-24-10-12;2*1-2-3;;;4*2-1(3)4;;/h2*1-10,13-18H;2*3H,2H2,1H3;;;;;;;2*1H2/q;;;;2*+2;4*-1;;/p+2/t2*13?,14?,15-,16+,17+,18-;;;;;;;;;;. The summed E-state index contributed by atoms with van der Waals surface area (Å²) in [6.45, 7) is 3.86. The Morgan fingerprint density at radius 1 is 0.360 bits per heavy atom. The zero-order chi connectivity index (χ0) is 60.9. The van der Waals surface area contributed by atoms with Crippen molar-refractivity contribution in [3.63, 3.8) is 0 Å². The van der Waals surface area contributed by atoms with Crippen LogP contribution in [0.3, 0.4) is 0 Å². The Morgan fingerprint density at radius 2 is 0.488 bits per heavy atom. The molecular weight excluding hydrogens is 1350 g/mol. The Balaban J connectivity index is 0.000000621. The molecule has 10 aliphatic rings. The van der Waals surface area contributed by atoms with Crippen LogP contribution in [0, 0.1) is 132 Å². The van der Waals surface area contributed by atoms with Gasteiger partial charge < -0.3 is 82.5 Å². The summed E-state index contributed by atoms with van der Waals surface area (Å²) < 4.78 is 0. The average molecular weight is 1400 g/mol. The van der Waals surface area contributed by atoms with Crippen molar-refractivity contribution in [3.8, 4) is 0 Å². The van der Waals surface area contributed by atoms with Crippen molar-refractivity contribution in [2.45, 2.75) is 13.8 Å². The van der Waals surface area contributed by atoms with Gasteiger partial charge in [0.2, 0.25) is 47.3 Å². The smallest absolute Gasteiger partial charge is 0.457 e. The number of pyridine rings is 4. The summed E-state index contributed by atoms with van der Waals surface area (Å²) in [7, 11) is 0. The van der Waals surface area contributed by atoms with Crippen molar-refractivity contribution in [2.24, 2.45) is 71.0 Å². The van der Waals surface area contributed by atoms with E-state index in [0.29, 0.717) is 22.7 Å². The van der Waals surface area contributed by atoms with Crippen LogP contribution >= 0.6 is 0 Å². The molecule has 2 saturated carbocycles. The van der Waals surface area contributed by atoms with E-state index in [0.717, 1.165) is 0 Å². The summed E-state index contributed by atoms with van der Waals surface area (Å²) in [5, 5.41) is 74.1. The quantitative estimate of drug-likeness (QED) is 0.0655. The predicted octanol–water partition coefficient (Wildman–Crippen LogP) is -0.400. The van der Waals surface area contributed by atoms with Crippen molar-refractivity contribution in [3.05, 3.63) is 184 Å². The second-order valence-corrected chi connectivity index (χ2v) is 17.7. The van der Waals surface area contributed by atoms with Gasteiger partial charge in [-0.3, -0.25) is 58.3 Å². The monoisotopic (exact) mass is 1410 g/mol. The molecule has 12 atom stereocenters. The van der Waals surface area contributed by atoms with Gasteiger partial charge in [0.15, 0.2) is 0 Å². The number of carbonyl (C=O) groups excluding carboxylic acids is 8. The summed E-state index contributed by atoms with van der Waals surface area (Å²) in [4.78, 5) is 160. The van der Waals surface area contributed by atoms with Crippen LogP contribution in [0.4, 0.5) is 22.7 Å². The fraction of sp³-hybridized carbons (Fsp3) is 0.333. The molecule has 4 aromatic rings. The third-order valence-corrected chi connectivity index (χ3v) is 13.6. The Morgan fingerprint density at radius 3 is 0.593 bits per heavy atom. The molecule has 6 aliphatic carbocycles. The van der Waals surface area contributed by atoms with Crippen LogP contribution in [0.25, 0.3) is 0 Å². The molecule has 4 unspecified atom stereocenters. The van der Waals surface area contributed by atoms with Gasteiger partial charge in [-0.2, -0.15) is 0 Å².